The minimum atomic E-state index is -4.02. The van der Waals surface area contributed by atoms with Crippen LogP contribution in [-0.4, -0.2) is 100 Å². The number of hydrogen-bond acceptors (Lipinski definition) is 9. The Morgan fingerprint density at radius 2 is 1.86 bits per heavy atom. The average molecular weight is 711 g/mol. The largest absolute Gasteiger partial charge is 0.411 e. The van der Waals surface area contributed by atoms with Crippen LogP contribution in [0.3, 0.4) is 0 Å². The van der Waals surface area contributed by atoms with E-state index in [9.17, 15) is 23.1 Å². The number of oxime groups is 1. The minimum Gasteiger partial charge on any atom is -0.411 e. The van der Waals surface area contributed by atoms with Crippen LogP contribution in [0.1, 0.15) is 54.9 Å². The fourth-order valence-corrected chi connectivity index (χ4v) is 8.56. The maximum Gasteiger partial charge on any atom is 0.321 e. The van der Waals surface area contributed by atoms with E-state index in [0.29, 0.717) is 25.2 Å². The summed E-state index contributed by atoms with van der Waals surface area (Å²) in [5, 5.41) is 29.6. The number of aromatic nitrogens is 1. The van der Waals surface area contributed by atoms with Crippen LogP contribution < -0.4 is 5.32 Å². The Hall–Kier alpha value is -3.85. The van der Waals surface area contributed by atoms with Crippen LogP contribution in [0.15, 0.2) is 70.0 Å². The van der Waals surface area contributed by atoms with Gasteiger partial charge in [-0.15, -0.1) is 11.3 Å². The van der Waals surface area contributed by atoms with Crippen molar-refractivity contribution in [2.24, 2.45) is 17.0 Å². The lowest BCUT2D eigenvalue weighted by atomic mass is 9.85. The molecule has 1 aliphatic heterocycles. The molecule has 1 aliphatic carbocycles. The molecular formula is C35H46N6O6S2. The Kier molecular flexibility index (Phi) is 12.1. The third kappa shape index (κ3) is 9.04. The van der Waals surface area contributed by atoms with Crippen molar-refractivity contribution in [3.8, 4) is 0 Å². The maximum atomic E-state index is 14.1. The quantitative estimate of drug-likeness (QED) is 0.115. The summed E-state index contributed by atoms with van der Waals surface area (Å²) in [4.78, 5) is 35.5. The lowest BCUT2D eigenvalue weighted by Crippen LogP contribution is -2.57. The standard InChI is InChI=1S/C35H46N6O6S2/c1-24(2)33(41-17-16-39(35(41)44)21-29-23-48-25(3)37-29)34(43)38-31(18-26-8-5-4-6-9-26)32(42)22-40(20-28-10-7-11-28)49(46,47)30-14-12-27(13-15-30)19-36-45/h4-6,8-9,12-15,19,23-24,28,31-33,42,45H,7,10-11,16-18,20-22H2,1-3H3,(H,38,43)/b36-19+/t31-,32?,33+/m0/s1. The molecule has 264 valence electrons. The highest BCUT2D eigenvalue weighted by Gasteiger charge is 2.41. The molecule has 3 atom stereocenters. The summed E-state index contributed by atoms with van der Waals surface area (Å²) < 4.78 is 29.3. The van der Waals surface area contributed by atoms with Crippen LogP contribution in [-0.2, 0) is 27.8 Å². The van der Waals surface area contributed by atoms with Crippen molar-refractivity contribution in [3.05, 3.63) is 81.8 Å². The first-order chi connectivity index (χ1) is 23.5. The van der Waals surface area contributed by atoms with Crippen molar-refractivity contribution >= 4 is 39.5 Å². The molecular weight excluding hydrogens is 665 g/mol. The van der Waals surface area contributed by atoms with Gasteiger partial charge in [0.2, 0.25) is 15.9 Å². The number of aliphatic hydroxyl groups is 1. The number of carbonyl (C=O) groups is 2. The molecule has 0 spiro atoms. The zero-order valence-electron chi connectivity index (χ0n) is 28.2. The molecule has 3 N–H and O–H groups in total. The third-order valence-corrected chi connectivity index (χ3v) is 11.9. The van der Waals surface area contributed by atoms with Gasteiger partial charge in [-0.3, -0.25) is 4.79 Å². The predicted molar refractivity (Wildman–Crippen MR) is 188 cm³/mol. The lowest BCUT2D eigenvalue weighted by Gasteiger charge is -2.36. The number of aliphatic hydroxyl groups excluding tert-OH is 1. The van der Waals surface area contributed by atoms with Crippen LogP contribution in [0.25, 0.3) is 0 Å². The molecule has 3 amide bonds. The number of nitrogens with zero attached hydrogens (tertiary/aromatic N) is 5. The van der Waals surface area contributed by atoms with Gasteiger partial charge in [0.05, 0.1) is 40.5 Å². The molecule has 2 aromatic carbocycles. The van der Waals surface area contributed by atoms with E-state index in [-0.39, 0.29) is 42.3 Å². The van der Waals surface area contributed by atoms with Crippen LogP contribution >= 0.6 is 11.3 Å². The van der Waals surface area contributed by atoms with Crippen LogP contribution in [0.2, 0.25) is 0 Å². The van der Waals surface area contributed by atoms with Crippen molar-refractivity contribution in [1.82, 2.24) is 24.4 Å². The number of rotatable bonds is 16. The summed E-state index contributed by atoms with van der Waals surface area (Å²) >= 11 is 1.53. The molecule has 1 saturated carbocycles. The molecule has 1 aromatic heterocycles. The van der Waals surface area contributed by atoms with Crippen LogP contribution in [0, 0.1) is 18.8 Å². The number of aryl methyl sites for hydroxylation is 1. The number of nitrogens with one attached hydrogen (secondary N) is 1. The number of benzene rings is 2. The summed E-state index contributed by atoms with van der Waals surface area (Å²) in [5.41, 5.74) is 2.21. The Bertz CT molecular complexity index is 1690. The normalized spacial score (nSPS) is 17.6. The highest BCUT2D eigenvalue weighted by Crippen LogP contribution is 2.30. The van der Waals surface area contributed by atoms with Crippen molar-refractivity contribution in [2.75, 3.05) is 26.2 Å². The van der Waals surface area contributed by atoms with Crippen molar-refractivity contribution < 1.29 is 28.3 Å². The predicted octanol–water partition coefficient (Wildman–Crippen LogP) is 4.10. The Morgan fingerprint density at radius 3 is 2.45 bits per heavy atom. The number of hydrogen-bond donors (Lipinski definition) is 3. The van der Waals surface area contributed by atoms with E-state index in [2.05, 4.69) is 15.5 Å². The summed E-state index contributed by atoms with van der Waals surface area (Å²) in [6.45, 7) is 6.91. The lowest BCUT2D eigenvalue weighted by molar-refractivity contribution is -0.128. The summed E-state index contributed by atoms with van der Waals surface area (Å²) in [5.74, 6) is -0.453. The average Bonchev–Trinajstić information content (AvgIpc) is 3.62. The van der Waals surface area contributed by atoms with E-state index >= 15 is 0 Å². The maximum absolute atomic E-state index is 14.1. The molecule has 2 fully saturated rings. The zero-order valence-corrected chi connectivity index (χ0v) is 29.8. The molecule has 2 heterocycles. The molecule has 0 bridgehead atoms. The molecule has 1 saturated heterocycles. The highest BCUT2D eigenvalue weighted by atomic mass is 32.2. The van der Waals surface area contributed by atoms with Gasteiger partial charge in [-0.25, -0.2) is 18.2 Å². The Labute approximate surface area is 292 Å². The topological polar surface area (TPSA) is 156 Å². The second-order valence-electron chi connectivity index (χ2n) is 13.2. The smallest absolute Gasteiger partial charge is 0.321 e. The number of sulfonamides is 1. The summed E-state index contributed by atoms with van der Waals surface area (Å²) in [6.07, 6.45) is 3.03. The molecule has 1 unspecified atom stereocenters. The van der Waals surface area contributed by atoms with Crippen LogP contribution in [0.4, 0.5) is 4.79 Å². The van der Waals surface area contributed by atoms with E-state index in [1.54, 1.807) is 21.9 Å². The SMILES string of the molecule is Cc1nc(CN2CCN([C@@H](C(=O)N[C@@H](Cc3ccccc3)C(O)CN(CC3CCC3)S(=O)(=O)c3ccc(/C=N/O)cc3)C(C)C)C2=O)cs1. The molecule has 3 aromatic rings. The van der Waals surface area contributed by atoms with Gasteiger partial charge in [0.15, 0.2) is 0 Å². The molecule has 0 radical (unpaired) electrons. The van der Waals surface area contributed by atoms with Gasteiger partial charge in [-0.05, 0) is 61.3 Å². The number of carbonyl (C=O) groups excluding carboxylic acids is 2. The van der Waals surface area contributed by atoms with Gasteiger partial charge >= 0.3 is 6.03 Å². The van der Waals surface area contributed by atoms with Crippen molar-refractivity contribution in [1.29, 1.82) is 0 Å². The first-order valence-corrected chi connectivity index (χ1v) is 19.0. The van der Waals surface area contributed by atoms with Gasteiger partial charge in [-0.2, -0.15) is 4.31 Å². The van der Waals surface area contributed by atoms with Gasteiger partial charge in [0, 0.05) is 31.6 Å². The van der Waals surface area contributed by atoms with Crippen molar-refractivity contribution in [2.45, 2.75) is 76.1 Å². The molecule has 49 heavy (non-hydrogen) atoms. The second-order valence-corrected chi connectivity index (χ2v) is 16.2. The Morgan fingerprint density at radius 1 is 1.14 bits per heavy atom. The monoisotopic (exact) mass is 710 g/mol. The third-order valence-electron chi connectivity index (χ3n) is 9.27. The van der Waals surface area contributed by atoms with E-state index < -0.39 is 34.1 Å². The van der Waals surface area contributed by atoms with E-state index in [1.165, 1.54) is 34.0 Å². The van der Waals surface area contributed by atoms with E-state index in [0.717, 1.165) is 35.5 Å². The number of thiazole rings is 1. The number of urea groups is 1. The highest BCUT2D eigenvalue weighted by molar-refractivity contribution is 7.89. The van der Waals surface area contributed by atoms with Gasteiger partial charge in [-0.1, -0.05) is 67.9 Å². The summed E-state index contributed by atoms with van der Waals surface area (Å²) in [6, 6.07) is 13.5. The molecule has 12 nitrogen and oxygen atoms in total. The van der Waals surface area contributed by atoms with Gasteiger partial charge < -0.3 is 25.4 Å². The number of amides is 3. The van der Waals surface area contributed by atoms with Crippen LogP contribution in [0.5, 0.6) is 0 Å². The van der Waals surface area contributed by atoms with E-state index in [1.807, 2.05) is 56.5 Å². The van der Waals surface area contributed by atoms with E-state index in [4.69, 9.17) is 5.21 Å². The fraction of sp³-hybridized carbons (Fsp3) is 0.486. The van der Waals surface area contributed by atoms with Crippen molar-refractivity contribution in [3.63, 3.8) is 0 Å². The zero-order chi connectivity index (χ0) is 35.1. The fourth-order valence-electron chi connectivity index (χ4n) is 6.42. The molecule has 2 aliphatic rings. The molecule has 5 rings (SSSR count). The van der Waals surface area contributed by atoms with Gasteiger partial charge in [0.1, 0.15) is 6.04 Å². The summed E-state index contributed by atoms with van der Waals surface area (Å²) in [7, 11) is -4.02. The first kappa shape index (κ1) is 36.4. The van der Waals surface area contributed by atoms with Gasteiger partial charge in [0.25, 0.3) is 0 Å². The minimum absolute atomic E-state index is 0.0579. The first-order valence-electron chi connectivity index (χ1n) is 16.7. The Balaban J connectivity index is 1.36. The second kappa shape index (κ2) is 16.2. The molecule has 14 heteroatoms.